The van der Waals surface area contributed by atoms with E-state index in [1.165, 1.54) is 22.6 Å². The number of fused-ring (bicyclic) bond motifs is 1. The molecule has 0 atom stereocenters. The van der Waals surface area contributed by atoms with E-state index in [0.717, 1.165) is 18.5 Å². The Morgan fingerprint density at radius 1 is 1.58 bits per heavy atom. The maximum atomic E-state index is 11.0. The van der Waals surface area contributed by atoms with Crippen LogP contribution in [0.4, 0.5) is 0 Å². The van der Waals surface area contributed by atoms with Gasteiger partial charge in [0, 0.05) is 4.88 Å². The molecule has 1 amide bonds. The Bertz CT molecular complexity index is 299. The van der Waals surface area contributed by atoms with Crippen molar-refractivity contribution in [3.8, 4) is 0 Å². The zero-order valence-electron chi connectivity index (χ0n) is 6.46. The molecular formula is C7H9N3OS. The number of nitrogens with zero attached hydrogens (tertiary/aromatic N) is 1. The van der Waals surface area contributed by atoms with Crippen LogP contribution in [0, 0.1) is 0 Å². The van der Waals surface area contributed by atoms with Gasteiger partial charge in [-0.1, -0.05) is 0 Å². The highest BCUT2D eigenvalue weighted by Crippen LogP contribution is 2.27. The van der Waals surface area contributed by atoms with Crippen molar-refractivity contribution < 1.29 is 4.79 Å². The van der Waals surface area contributed by atoms with Crippen LogP contribution in [0.3, 0.4) is 0 Å². The summed E-state index contributed by atoms with van der Waals surface area (Å²) in [6.07, 6.45) is 3.23. The normalized spacial score (nSPS) is 14.4. The number of carbonyl (C=O) groups excluding carboxylic acids is 1. The van der Waals surface area contributed by atoms with Crippen LogP contribution in [0.25, 0.3) is 0 Å². The Morgan fingerprint density at radius 3 is 3.08 bits per heavy atom. The van der Waals surface area contributed by atoms with Crippen LogP contribution in [0.15, 0.2) is 0 Å². The lowest BCUT2D eigenvalue weighted by Gasteiger charge is -1.91. The van der Waals surface area contributed by atoms with Crippen LogP contribution in [0.1, 0.15) is 26.8 Å². The summed E-state index contributed by atoms with van der Waals surface area (Å²) in [6, 6.07) is 0. The summed E-state index contributed by atoms with van der Waals surface area (Å²) >= 11 is 1.45. The second-order valence-electron chi connectivity index (χ2n) is 2.72. The van der Waals surface area contributed by atoms with Gasteiger partial charge in [-0.3, -0.25) is 10.2 Å². The zero-order chi connectivity index (χ0) is 8.55. The van der Waals surface area contributed by atoms with Crippen molar-refractivity contribution in [3.63, 3.8) is 0 Å². The molecule has 0 fully saturated rings. The summed E-state index contributed by atoms with van der Waals surface area (Å²) in [4.78, 5) is 16.5. The summed E-state index contributed by atoms with van der Waals surface area (Å²) < 4.78 is 0. The van der Waals surface area contributed by atoms with Crippen LogP contribution in [-0.2, 0) is 12.8 Å². The van der Waals surface area contributed by atoms with Gasteiger partial charge in [-0.15, -0.1) is 11.3 Å². The number of thiazole rings is 1. The molecule has 64 valence electrons. The second-order valence-corrected chi connectivity index (χ2v) is 3.80. The molecule has 0 bridgehead atoms. The van der Waals surface area contributed by atoms with E-state index in [1.807, 2.05) is 0 Å². The lowest BCUT2D eigenvalue weighted by atomic mass is 10.4. The summed E-state index contributed by atoms with van der Waals surface area (Å²) in [5.74, 6) is 4.71. The number of amides is 1. The number of rotatable bonds is 1. The maximum Gasteiger partial charge on any atom is 0.294 e. The molecule has 4 nitrogen and oxygen atoms in total. The Morgan fingerprint density at radius 2 is 2.42 bits per heavy atom. The first-order chi connectivity index (χ1) is 5.81. The first-order valence-electron chi connectivity index (χ1n) is 3.81. The van der Waals surface area contributed by atoms with Crippen molar-refractivity contribution in [3.05, 3.63) is 15.6 Å². The van der Waals surface area contributed by atoms with Gasteiger partial charge in [-0.05, 0) is 19.3 Å². The highest BCUT2D eigenvalue weighted by Gasteiger charge is 2.19. The van der Waals surface area contributed by atoms with E-state index in [1.54, 1.807) is 0 Å². The molecule has 0 spiro atoms. The minimum atomic E-state index is -0.283. The molecule has 2 rings (SSSR count). The first kappa shape index (κ1) is 7.70. The van der Waals surface area contributed by atoms with E-state index in [0.29, 0.717) is 5.01 Å². The molecule has 1 aliphatic rings. The SMILES string of the molecule is NNC(=O)c1nc2c(s1)CCC2. The predicted octanol–water partition coefficient (Wildman–Crippen LogP) is 0.235. The Hall–Kier alpha value is -0.940. The van der Waals surface area contributed by atoms with Gasteiger partial charge in [-0.25, -0.2) is 10.8 Å². The van der Waals surface area contributed by atoms with Crippen molar-refractivity contribution >= 4 is 17.2 Å². The molecule has 1 aromatic rings. The fraction of sp³-hybridized carbons (Fsp3) is 0.429. The van der Waals surface area contributed by atoms with Crippen LogP contribution in [0.2, 0.25) is 0 Å². The molecule has 0 radical (unpaired) electrons. The van der Waals surface area contributed by atoms with Crippen molar-refractivity contribution in [2.75, 3.05) is 0 Å². The van der Waals surface area contributed by atoms with Crippen LogP contribution >= 0.6 is 11.3 Å². The second kappa shape index (κ2) is 2.84. The summed E-state index contributed by atoms with van der Waals surface area (Å²) in [5.41, 5.74) is 3.16. The molecule has 1 aromatic heterocycles. The number of nitrogen functional groups attached to an aromatic ring is 1. The summed E-state index contributed by atoms with van der Waals surface area (Å²) in [6.45, 7) is 0. The van der Waals surface area contributed by atoms with Crippen molar-refractivity contribution in [1.82, 2.24) is 10.4 Å². The van der Waals surface area contributed by atoms with Gasteiger partial charge in [0.25, 0.3) is 5.91 Å². The fourth-order valence-corrected chi connectivity index (χ4v) is 2.40. The number of aryl methyl sites for hydroxylation is 2. The predicted molar refractivity (Wildman–Crippen MR) is 45.8 cm³/mol. The monoisotopic (exact) mass is 183 g/mol. The number of hydrogen-bond donors (Lipinski definition) is 2. The average molecular weight is 183 g/mol. The molecule has 5 heteroatoms. The Kier molecular flexibility index (Phi) is 1.82. The van der Waals surface area contributed by atoms with Gasteiger partial charge in [0.1, 0.15) is 0 Å². The van der Waals surface area contributed by atoms with E-state index < -0.39 is 0 Å². The van der Waals surface area contributed by atoms with E-state index in [9.17, 15) is 4.79 Å². The quantitative estimate of drug-likeness (QED) is 0.372. The van der Waals surface area contributed by atoms with Gasteiger partial charge >= 0.3 is 0 Å². The van der Waals surface area contributed by atoms with Crippen molar-refractivity contribution in [1.29, 1.82) is 0 Å². The molecule has 12 heavy (non-hydrogen) atoms. The van der Waals surface area contributed by atoms with Crippen molar-refractivity contribution in [2.45, 2.75) is 19.3 Å². The molecule has 0 saturated heterocycles. The molecule has 1 heterocycles. The van der Waals surface area contributed by atoms with E-state index in [4.69, 9.17) is 5.84 Å². The van der Waals surface area contributed by atoms with Gasteiger partial charge in [-0.2, -0.15) is 0 Å². The maximum absolute atomic E-state index is 11.0. The largest absolute Gasteiger partial charge is 0.294 e. The molecule has 0 aliphatic heterocycles. The molecule has 3 N–H and O–H groups in total. The van der Waals surface area contributed by atoms with Crippen LogP contribution < -0.4 is 11.3 Å². The van der Waals surface area contributed by atoms with E-state index in [-0.39, 0.29) is 5.91 Å². The Labute approximate surface area is 73.8 Å². The Balaban J connectivity index is 2.31. The zero-order valence-corrected chi connectivity index (χ0v) is 7.28. The minimum absolute atomic E-state index is 0.283. The molecule has 1 aliphatic carbocycles. The van der Waals surface area contributed by atoms with E-state index in [2.05, 4.69) is 10.4 Å². The third-order valence-electron chi connectivity index (χ3n) is 1.92. The number of hydrazine groups is 1. The topological polar surface area (TPSA) is 68.0 Å². The standard InChI is InChI=1S/C7H9N3OS/c8-10-6(11)7-9-4-2-1-3-5(4)12-7/h1-3,8H2,(H,10,11). The highest BCUT2D eigenvalue weighted by molar-refractivity contribution is 7.13. The molecule has 0 saturated carbocycles. The summed E-state index contributed by atoms with van der Waals surface area (Å²) in [7, 11) is 0. The lowest BCUT2D eigenvalue weighted by molar-refractivity contribution is 0.0953. The third kappa shape index (κ3) is 1.11. The molecule has 0 unspecified atom stereocenters. The first-order valence-corrected chi connectivity index (χ1v) is 4.62. The number of hydrogen-bond acceptors (Lipinski definition) is 4. The number of nitrogens with two attached hydrogens (primary N) is 1. The van der Waals surface area contributed by atoms with Gasteiger partial charge in [0.15, 0.2) is 5.01 Å². The minimum Gasteiger partial charge on any atom is -0.288 e. The van der Waals surface area contributed by atoms with Crippen molar-refractivity contribution in [2.24, 2.45) is 5.84 Å². The molecule has 0 aromatic carbocycles. The van der Waals surface area contributed by atoms with Crippen LogP contribution in [-0.4, -0.2) is 10.9 Å². The third-order valence-corrected chi connectivity index (χ3v) is 3.08. The summed E-state index contributed by atoms with van der Waals surface area (Å²) in [5, 5.41) is 0.488. The fourth-order valence-electron chi connectivity index (χ4n) is 1.35. The van der Waals surface area contributed by atoms with E-state index >= 15 is 0 Å². The number of aromatic nitrogens is 1. The van der Waals surface area contributed by atoms with Gasteiger partial charge in [0.2, 0.25) is 0 Å². The lowest BCUT2D eigenvalue weighted by Crippen LogP contribution is -2.29. The highest BCUT2D eigenvalue weighted by atomic mass is 32.1. The van der Waals surface area contributed by atoms with Gasteiger partial charge in [0.05, 0.1) is 5.69 Å². The molecular weight excluding hydrogens is 174 g/mol. The van der Waals surface area contributed by atoms with Gasteiger partial charge < -0.3 is 0 Å². The average Bonchev–Trinajstić information content (AvgIpc) is 2.60. The smallest absolute Gasteiger partial charge is 0.288 e. The number of nitrogens with one attached hydrogen (secondary N) is 1. The van der Waals surface area contributed by atoms with Crippen LogP contribution in [0.5, 0.6) is 0 Å². The number of carbonyl (C=O) groups is 1.